The quantitative estimate of drug-likeness (QED) is 0.310. The average Bonchev–Trinajstić information content (AvgIpc) is 3.23. The largest absolute Gasteiger partial charge is 0.274 e. The maximum Gasteiger partial charge on any atom is 0.274 e. The molecule has 2 aromatic heterocycles. The van der Waals surface area contributed by atoms with E-state index in [1.54, 1.807) is 42.7 Å². The van der Waals surface area contributed by atoms with E-state index in [9.17, 15) is 4.79 Å². The molecule has 1 atom stereocenters. The molecule has 32 heavy (non-hydrogen) atoms. The van der Waals surface area contributed by atoms with Gasteiger partial charge < -0.3 is 0 Å². The molecule has 0 fully saturated rings. The third-order valence-corrected chi connectivity index (χ3v) is 6.20. The zero-order valence-corrected chi connectivity index (χ0v) is 18.8. The smallest absolute Gasteiger partial charge is 0.267 e. The maximum absolute atomic E-state index is 13.4. The summed E-state index contributed by atoms with van der Waals surface area (Å²) >= 11 is 19.1. The Hall–Kier alpha value is -2.99. The van der Waals surface area contributed by atoms with Crippen LogP contribution in [0.1, 0.15) is 33.9 Å². The van der Waals surface area contributed by atoms with Crippen molar-refractivity contribution in [3.8, 4) is 0 Å². The molecule has 0 radical (unpaired) electrons. The summed E-state index contributed by atoms with van der Waals surface area (Å²) in [5.41, 5.74) is 3.37. The number of hydrogen-bond donors (Lipinski definition) is 0. The zero-order valence-electron chi connectivity index (χ0n) is 16.5. The molecule has 2 aromatic carbocycles. The van der Waals surface area contributed by atoms with E-state index in [-0.39, 0.29) is 5.91 Å². The predicted molar refractivity (Wildman–Crippen MR) is 128 cm³/mol. The van der Waals surface area contributed by atoms with Crippen molar-refractivity contribution in [2.75, 3.05) is 0 Å². The standard InChI is InChI=1S/C24H15Cl3N4O/c25-16-5-6-17(19(26)12-16)21-13-22(31(30-21)24(32)14-7-9-28-10-8-14)18-11-15-3-1-2-4-20(15)29-23(18)27/h1-12,22H,13H2. The van der Waals surface area contributed by atoms with Crippen molar-refractivity contribution < 1.29 is 4.79 Å². The fourth-order valence-corrected chi connectivity index (χ4v) is 4.58. The first-order valence-corrected chi connectivity index (χ1v) is 11.0. The summed E-state index contributed by atoms with van der Waals surface area (Å²) in [6.07, 6.45) is 3.57. The van der Waals surface area contributed by atoms with Crippen molar-refractivity contribution in [3.63, 3.8) is 0 Å². The lowest BCUT2D eigenvalue weighted by atomic mass is 9.98. The molecule has 0 saturated carbocycles. The van der Waals surface area contributed by atoms with Gasteiger partial charge >= 0.3 is 0 Å². The zero-order chi connectivity index (χ0) is 22.2. The molecule has 0 N–H and O–H groups in total. The Balaban J connectivity index is 1.62. The van der Waals surface area contributed by atoms with Gasteiger partial charge in [-0.05, 0) is 36.4 Å². The minimum absolute atomic E-state index is 0.262. The van der Waals surface area contributed by atoms with Gasteiger partial charge in [-0.2, -0.15) is 5.10 Å². The molecular formula is C24H15Cl3N4O. The van der Waals surface area contributed by atoms with Crippen molar-refractivity contribution in [1.82, 2.24) is 15.0 Å². The van der Waals surface area contributed by atoms with Crippen molar-refractivity contribution in [3.05, 3.63) is 105 Å². The predicted octanol–water partition coefficient (Wildman–Crippen LogP) is 6.58. The van der Waals surface area contributed by atoms with Gasteiger partial charge in [-0.15, -0.1) is 0 Å². The second-order valence-corrected chi connectivity index (χ2v) is 8.54. The summed E-state index contributed by atoms with van der Waals surface area (Å²) in [7, 11) is 0. The van der Waals surface area contributed by atoms with Crippen LogP contribution in [-0.2, 0) is 0 Å². The number of nitrogens with zero attached hydrogens (tertiary/aromatic N) is 4. The molecule has 5 rings (SSSR count). The third-order valence-electron chi connectivity index (χ3n) is 5.35. The Morgan fingerprint density at radius 1 is 0.969 bits per heavy atom. The lowest BCUT2D eigenvalue weighted by Gasteiger charge is -2.23. The Bertz CT molecular complexity index is 1370. The summed E-state index contributed by atoms with van der Waals surface area (Å²) in [5.74, 6) is -0.262. The summed E-state index contributed by atoms with van der Waals surface area (Å²) in [6.45, 7) is 0. The van der Waals surface area contributed by atoms with Gasteiger partial charge in [0.2, 0.25) is 0 Å². The minimum atomic E-state index is -0.443. The molecule has 0 saturated heterocycles. The summed E-state index contributed by atoms with van der Waals surface area (Å²) in [5, 5.41) is 8.38. The molecule has 0 spiro atoms. The number of carbonyl (C=O) groups excluding carboxylic acids is 1. The molecule has 5 nitrogen and oxygen atoms in total. The fraction of sp³-hybridized carbons (Fsp3) is 0.0833. The van der Waals surface area contributed by atoms with E-state index in [0.29, 0.717) is 32.9 Å². The van der Waals surface area contributed by atoms with E-state index in [4.69, 9.17) is 34.8 Å². The first kappa shape index (κ1) is 20.9. The summed E-state index contributed by atoms with van der Waals surface area (Å²) < 4.78 is 0. The van der Waals surface area contributed by atoms with Crippen LogP contribution in [0.15, 0.2) is 78.2 Å². The number of halogens is 3. The van der Waals surface area contributed by atoms with E-state index in [1.807, 2.05) is 30.3 Å². The van der Waals surface area contributed by atoms with Gasteiger partial charge in [0.1, 0.15) is 5.15 Å². The van der Waals surface area contributed by atoms with Crippen LogP contribution in [0.2, 0.25) is 15.2 Å². The van der Waals surface area contributed by atoms with Crippen LogP contribution in [-0.4, -0.2) is 26.6 Å². The first-order chi connectivity index (χ1) is 15.5. The average molecular weight is 482 g/mol. The molecule has 1 aliphatic rings. The van der Waals surface area contributed by atoms with Crippen LogP contribution in [0.3, 0.4) is 0 Å². The monoisotopic (exact) mass is 480 g/mol. The van der Waals surface area contributed by atoms with E-state index in [2.05, 4.69) is 15.1 Å². The van der Waals surface area contributed by atoms with Crippen LogP contribution in [0.4, 0.5) is 0 Å². The number of fused-ring (bicyclic) bond motifs is 1. The molecule has 0 bridgehead atoms. The van der Waals surface area contributed by atoms with Gasteiger partial charge in [0.15, 0.2) is 0 Å². The van der Waals surface area contributed by atoms with Gasteiger partial charge in [0.05, 0.1) is 22.3 Å². The number of hydrogen-bond acceptors (Lipinski definition) is 4. The topological polar surface area (TPSA) is 58.5 Å². The molecule has 1 amide bonds. The van der Waals surface area contributed by atoms with Gasteiger partial charge in [0.25, 0.3) is 5.91 Å². The van der Waals surface area contributed by atoms with Crippen LogP contribution < -0.4 is 0 Å². The third kappa shape index (κ3) is 3.84. The number of benzene rings is 2. The molecule has 158 valence electrons. The molecule has 0 aliphatic carbocycles. The SMILES string of the molecule is O=C(c1ccncc1)N1N=C(c2ccc(Cl)cc2Cl)CC1c1cc2ccccc2nc1Cl. The molecule has 1 unspecified atom stereocenters. The number of carbonyl (C=O) groups is 1. The van der Waals surface area contributed by atoms with E-state index in [1.165, 1.54) is 5.01 Å². The van der Waals surface area contributed by atoms with Crippen molar-refractivity contribution in [1.29, 1.82) is 0 Å². The van der Waals surface area contributed by atoms with Gasteiger partial charge in [-0.3, -0.25) is 9.78 Å². The molecule has 1 aliphatic heterocycles. The summed E-state index contributed by atoms with van der Waals surface area (Å²) in [4.78, 5) is 21.9. The van der Waals surface area contributed by atoms with E-state index in [0.717, 1.165) is 22.0 Å². The van der Waals surface area contributed by atoms with Crippen LogP contribution in [0.5, 0.6) is 0 Å². The second kappa shape index (κ2) is 8.51. The van der Waals surface area contributed by atoms with E-state index < -0.39 is 6.04 Å². The lowest BCUT2D eigenvalue weighted by Crippen LogP contribution is -2.27. The molecule has 4 aromatic rings. The number of rotatable bonds is 3. The van der Waals surface area contributed by atoms with Crippen molar-refractivity contribution in [2.45, 2.75) is 12.5 Å². The van der Waals surface area contributed by atoms with E-state index >= 15 is 0 Å². The number of hydrazone groups is 1. The molecule has 8 heteroatoms. The second-order valence-electron chi connectivity index (χ2n) is 7.34. The molecular weight excluding hydrogens is 467 g/mol. The minimum Gasteiger partial charge on any atom is -0.267 e. The Labute approximate surface area is 199 Å². The highest BCUT2D eigenvalue weighted by Crippen LogP contribution is 2.39. The lowest BCUT2D eigenvalue weighted by molar-refractivity contribution is 0.0711. The van der Waals surface area contributed by atoms with Gasteiger partial charge in [-0.1, -0.05) is 59.1 Å². The highest BCUT2D eigenvalue weighted by molar-refractivity contribution is 6.37. The highest BCUT2D eigenvalue weighted by Gasteiger charge is 2.36. The van der Waals surface area contributed by atoms with Crippen molar-refractivity contribution >= 4 is 57.3 Å². The van der Waals surface area contributed by atoms with Crippen LogP contribution in [0, 0.1) is 0 Å². The van der Waals surface area contributed by atoms with Crippen LogP contribution >= 0.6 is 34.8 Å². The molecule has 3 heterocycles. The maximum atomic E-state index is 13.4. The Morgan fingerprint density at radius 3 is 2.53 bits per heavy atom. The highest BCUT2D eigenvalue weighted by atomic mass is 35.5. The normalized spacial score (nSPS) is 15.8. The Morgan fingerprint density at radius 2 is 1.75 bits per heavy atom. The number of pyridine rings is 2. The first-order valence-electron chi connectivity index (χ1n) is 9.83. The summed E-state index contributed by atoms with van der Waals surface area (Å²) in [6, 6.07) is 17.7. The number of amides is 1. The fourth-order valence-electron chi connectivity index (χ4n) is 3.80. The Kier molecular flexibility index (Phi) is 5.55. The van der Waals surface area contributed by atoms with Gasteiger partial charge in [0, 0.05) is 45.9 Å². The van der Waals surface area contributed by atoms with Crippen LogP contribution in [0.25, 0.3) is 10.9 Å². The number of para-hydroxylation sites is 1. The number of aromatic nitrogens is 2. The van der Waals surface area contributed by atoms with Gasteiger partial charge in [-0.25, -0.2) is 9.99 Å². The van der Waals surface area contributed by atoms with Crippen molar-refractivity contribution in [2.24, 2.45) is 5.10 Å².